The van der Waals surface area contributed by atoms with Crippen LogP contribution in [0.2, 0.25) is 0 Å². The highest BCUT2D eigenvalue weighted by molar-refractivity contribution is 7.88. The standard InChI is InChI=1S/C32H33NO4S/c1-23(2)28-21-14-22-29(24(3)4)30(28)33(38(35,36)37)31(34)32(25-15-8-5-9-16-25,26-17-10-6-11-18-26)27-19-12-7-13-20-27/h5-24H,1-4H3,(H,35,36,37). The smallest absolute Gasteiger partial charge is 0.271 e. The molecule has 0 atom stereocenters. The first-order valence-corrected chi connectivity index (χ1v) is 14.1. The van der Waals surface area contributed by atoms with E-state index in [4.69, 9.17) is 0 Å². The predicted molar refractivity (Wildman–Crippen MR) is 153 cm³/mol. The van der Waals surface area contributed by atoms with Gasteiger partial charge in [0.25, 0.3) is 5.91 Å². The molecule has 196 valence electrons. The zero-order valence-electron chi connectivity index (χ0n) is 22.1. The van der Waals surface area contributed by atoms with Crippen molar-refractivity contribution in [3.05, 3.63) is 137 Å². The second kappa shape index (κ2) is 10.9. The van der Waals surface area contributed by atoms with Crippen LogP contribution < -0.4 is 4.31 Å². The number of rotatable bonds is 8. The number of anilines is 1. The lowest BCUT2D eigenvalue weighted by Crippen LogP contribution is -2.51. The van der Waals surface area contributed by atoms with Gasteiger partial charge >= 0.3 is 10.3 Å². The van der Waals surface area contributed by atoms with Gasteiger partial charge in [0.1, 0.15) is 5.41 Å². The molecule has 0 bridgehead atoms. The molecule has 4 aromatic rings. The molecular formula is C32H33NO4S. The summed E-state index contributed by atoms with van der Waals surface area (Å²) < 4.78 is 38.1. The zero-order chi connectivity index (χ0) is 27.5. The first-order chi connectivity index (χ1) is 18.1. The van der Waals surface area contributed by atoms with Crippen molar-refractivity contribution in [2.75, 3.05) is 4.31 Å². The first-order valence-electron chi connectivity index (χ1n) is 12.7. The number of amides is 1. The summed E-state index contributed by atoms with van der Waals surface area (Å²) in [5, 5.41) is 0. The van der Waals surface area contributed by atoms with Crippen LogP contribution >= 0.6 is 0 Å². The van der Waals surface area contributed by atoms with E-state index in [2.05, 4.69) is 0 Å². The Bertz CT molecular complexity index is 1380. The average molecular weight is 528 g/mol. The van der Waals surface area contributed by atoms with Gasteiger partial charge in [-0.2, -0.15) is 12.7 Å². The molecule has 0 aliphatic rings. The second-order valence-corrected chi connectivity index (χ2v) is 11.3. The summed E-state index contributed by atoms with van der Waals surface area (Å²) in [7, 11) is -5.05. The lowest BCUT2D eigenvalue weighted by Gasteiger charge is -2.39. The number of carbonyl (C=O) groups excluding carboxylic acids is 1. The minimum absolute atomic E-state index is 0.111. The molecule has 5 nitrogen and oxygen atoms in total. The van der Waals surface area contributed by atoms with Crippen LogP contribution in [0.5, 0.6) is 0 Å². The Morgan fingerprint density at radius 1 is 0.632 bits per heavy atom. The SMILES string of the molecule is CC(C)c1cccc(C(C)C)c1N(C(=O)C(c1ccccc1)(c1ccccc1)c1ccccc1)S(=O)(=O)O. The van der Waals surface area contributed by atoms with Crippen molar-refractivity contribution in [2.45, 2.75) is 44.9 Å². The van der Waals surface area contributed by atoms with Crippen LogP contribution in [0.25, 0.3) is 0 Å². The fourth-order valence-corrected chi connectivity index (χ4v) is 5.94. The molecule has 0 aromatic heterocycles. The molecule has 0 heterocycles. The van der Waals surface area contributed by atoms with Crippen molar-refractivity contribution in [3.63, 3.8) is 0 Å². The molecule has 0 aliphatic carbocycles. The van der Waals surface area contributed by atoms with E-state index in [-0.39, 0.29) is 17.5 Å². The van der Waals surface area contributed by atoms with Crippen molar-refractivity contribution < 1.29 is 17.8 Å². The minimum Gasteiger partial charge on any atom is -0.271 e. The molecule has 38 heavy (non-hydrogen) atoms. The highest BCUT2D eigenvalue weighted by atomic mass is 32.2. The molecule has 4 aromatic carbocycles. The summed E-state index contributed by atoms with van der Waals surface area (Å²) in [6.07, 6.45) is 0. The molecule has 1 N–H and O–H groups in total. The van der Waals surface area contributed by atoms with Gasteiger partial charge in [-0.15, -0.1) is 0 Å². The first kappa shape index (κ1) is 27.3. The van der Waals surface area contributed by atoms with Crippen molar-refractivity contribution in [3.8, 4) is 0 Å². The normalized spacial score (nSPS) is 12.1. The molecule has 0 spiro atoms. The van der Waals surface area contributed by atoms with Crippen LogP contribution in [-0.4, -0.2) is 18.9 Å². The summed E-state index contributed by atoms with van der Waals surface area (Å²) >= 11 is 0. The predicted octanol–water partition coefficient (Wildman–Crippen LogP) is 7.10. The maximum absolute atomic E-state index is 15.2. The zero-order valence-corrected chi connectivity index (χ0v) is 22.9. The second-order valence-electron chi connectivity index (χ2n) is 9.99. The number of para-hydroxylation sites is 1. The topological polar surface area (TPSA) is 74.7 Å². The molecule has 6 heteroatoms. The largest absolute Gasteiger partial charge is 0.366 e. The number of hydrogen-bond donors (Lipinski definition) is 1. The van der Waals surface area contributed by atoms with Gasteiger partial charge in [0, 0.05) is 0 Å². The van der Waals surface area contributed by atoms with E-state index in [0.29, 0.717) is 32.1 Å². The van der Waals surface area contributed by atoms with E-state index < -0.39 is 21.6 Å². The molecule has 4 rings (SSSR count). The third-order valence-electron chi connectivity index (χ3n) is 6.90. The number of hydrogen-bond acceptors (Lipinski definition) is 3. The number of nitrogens with zero attached hydrogens (tertiary/aromatic N) is 1. The van der Waals surface area contributed by atoms with Gasteiger partial charge in [0.05, 0.1) is 5.69 Å². The van der Waals surface area contributed by atoms with Crippen molar-refractivity contribution in [2.24, 2.45) is 0 Å². The summed E-state index contributed by atoms with van der Waals surface area (Å²) in [6.45, 7) is 7.76. The van der Waals surface area contributed by atoms with Gasteiger partial charge < -0.3 is 0 Å². The Kier molecular flexibility index (Phi) is 7.86. The van der Waals surface area contributed by atoms with Crippen LogP contribution in [0.1, 0.15) is 67.3 Å². The van der Waals surface area contributed by atoms with Crippen molar-refractivity contribution in [1.82, 2.24) is 0 Å². The maximum Gasteiger partial charge on any atom is 0.366 e. The van der Waals surface area contributed by atoms with Gasteiger partial charge in [-0.05, 0) is 39.7 Å². The Hall–Kier alpha value is -3.74. The molecular weight excluding hydrogens is 494 g/mol. The van der Waals surface area contributed by atoms with Gasteiger partial charge in [-0.25, -0.2) is 0 Å². The highest BCUT2D eigenvalue weighted by Gasteiger charge is 2.50. The maximum atomic E-state index is 15.2. The summed E-state index contributed by atoms with van der Waals surface area (Å²) in [5.74, 6) is -1.00. The number of carbonyl (C=O) groups is 1. The molecule has 0 saturated heterocycles. The summed E-state index contributed by atoms with van der Waals surface area (Å²) in [4.78, 5) is 15.2. The van der Waals surface area contributed by atoms with Crippen molar-refractivity contribution >= 4 is 21.9 Å². The van der Waals surface area contributed by atoms with Crippen LogP contribution in [0.4, 0.5) is 5.69 Å². The third kappa shape index (κ3) is 4.89. The van der Waals surface area contributed by atoms with Gasteiger partial charge in [0.2, 0.25) is 0 Å². The average Bonchev–Trinajstić information content (AvgIpc) is 2.90. The fourth-order valence-electron chi connectivity index (χ4n) is 5.16. The van der Waals surface area contributed by atoms with E-state index in [1.54, 1.807) is 0 Å². The molecule has 0 unspecified atom stereocenters. The van der Waals surface area contributed by atoms with Crippen LogP contribution in [-0.2, 0) is 20.5 Å². The summed E-state index contributed by atoms with van der Waals surface area (Å²) in [5.41, 5.74) is 1.71. The Labute approximate surface area is 225 Å². The molecule has 0 saturated carbocycles. The van der Waals surface area contributed by atoms with Crippen LogP contribution in [0.3, 0.4) is 0 Å². The molecule has 0 radical (unpaired) electrons. The van der Waals surface area contributed by atoms with Gasteiger partial charge in [-0.3, -0.25) is 9.35 Å². The highest BCUT2D eigenvalue weighted by Crippen LogP contribution is 2.45. The molecule has 1 amide bonds. The van der Waals surface area contributed by atoms with Crippen LogP contribution in [0, 0.1) is 0 Å². The van der Waals surface area contributed by atoms with Crippen LogP contribution in [0.15, 0.2) is 109 Å². The monoisotopic (exact) mass is 527 g/mol. The van der Waals surface area contributed by atoms with E-state index >= 15 is 4.79 Å². The quantitative estimate of drug-likeness (QED) is 0.196. The van der Waals surface area contributed by atoms with E-state index in [0.717, 1.165) is 0 Å². The lowest BCUT2D eigenvalue weighted by molar-refractivity contribution is -0.120. The molecule has 0 fully saturated rings. The Morgan fingerprint density at radius 2 is 0.974 bits per heavy atom. The number of benzene rings is 4. The third-order valence-corrected chi connectivity index (χ3v) is 7.71. The fraction of sp³-hybridized carbons (Fsp3) is 0.219. The van der Waals surface area contributed by atoms with E-state index in [9.17, 15) is 13.0 Å². The van der Waals surface area contributed by atoms with E-state index in [1.165, 1.54) is 0 Å². The van der Waals surface area contributed by atoms with E-state index in [1.807, 2.05) is 137 Å². The van der Waals surface area contributed by atoms with Crippen molar-refractivity contribution in [1.29, 1.82) is 0 Å². The summed E-state index contributed by atoms with van der Waals surface area (Å²) in [6, 6.07) is 32.9. The Balaban J connectivity index is 2.18. The molecule has 0 aliphatic heterocycles. The minimum atomic E-state index is -5.05. The Morgan fingerprint density at radius 3 is 1.26 bits per heavy atom. The van der Waals surface area contributed by atoms with Gasteiger partial charge in [0.15, 0.2) is 0 Å². The lowest BCUT2D eigenvalue weighted by atomic mass is 9.68. The van der Waals surface area contributed by atoms with Gasteiger partial charge in [-0.1, -0.05) is 137 Å².